The van der Waals surface area contributed by atoms with E-state index in [1.807, 2.05) is 0 Å². The molecule has 0 aromatic heterocycles. The number of nitro benzene ring substituents is 1. The molecule has 0 spiro atoms. The van der Waals surface area contributed by atoms with E-state index in [1.165, 1.54) is 11.5 Å². The third-order valence-corrected chi connectivity index (χ3v) is 1.93. The Hall–Kier alpha value is -1.35. The van der Waals surface area contributed by atoms with Gasteiger partial charge in [0.25, 0.3) is 5.69 Å². The summed E-state index contributed by atoms with van der Waals surface area (Å²) in [6, 6.07) is 3.49. The number of hydrogen-bond acceptors (Lipinski definition) is 4. The normalized spacial score (nSPS) is 11.2. The Balaban J connectivity index is 2.91. The molecular formula is C7H4BrF3N2O3. The third-order valence-electron chi connectivity index (χ3n) is 1.43. The van der Waals surface area contributed by atoms with E-state index in [1.54, 1.807) is 0 Å². The largest absolute Gasteiger partial charge is 0.543 e. The fraction of sp³-hybridized carbons (Fsp3) is 0.143. The topological polar surface area (TPSA) is 64.4 Å². The summed E-state index contributed by atoms with van der Waals surface area (Å²) in [5, 5.41) is 10.5. The number of alkyl halides is 3. The van der Waals surface area contributed by atoms with Crippen molar-refractivity contribution >= 4 is 27.3 Å². The molecule has 0 aliphatic carbocycles. The average Bonchev–Trinajstić information content (AvgIpc) is 2.14. The molecule has 1 aromatic carbocycles. The number of anilines is 1. The summed E-state index contributed by atoms with van der Waals surface area (Å²) >= 11 is 2.96. The summed E-state index contributed by atoms with van der Waals surface area (Å²) in [6.07, 6.45) is -4.92. The Morgan fingerprint density at radius 2 is 2.06 bits per heavy atom. The molecule has 1 N–H and O–H groups in total. The Morgan fingerprint density at radius 3 is 2.56 bits per heavy atom. The molecule has 0 amide bonds. The molecule has 0 bridgehead atoms. The maximum Gasteiger partial charge on any atom is 0.543 e. The Labute approximate surface area is 95.4 Å². The summed E-state index contributed by atoms with van der Waals surface area (Å²) in [4.78, 5) is 13.0. The minimum absolute atomic E-state index is 0.372. The monoisotopic (exact) mass is 300 g/mol. The first-order valence-corrected chi connectivity index (χ1v) is 4.53. The van der Waals surface area contributed by atoms with Crippen LogP contribution in [-0.2, 0) is 4.84 Å². The van der Waals surface area contributed by atoms with Crippen LogP contribution in [0.2, 0.25) is 0 Å². The highest BCUT2D eigenvalue weighted by Crippen LogP contribution is 2.29. The van der Waals surface area contributed by atoms with Crippen molar-refractivity contribution < 1.29 is 22.9 Å². The fourth-order valence-corrected chi connectivity index (χ4v) is 1.20. The van der Waals surface area contributed by atoms with Gasteiger partial charge >= 0.3 is 6.36 Å². The molecule has 5 nitrogen and oxygen atoms in total. The van der Waals surface area contributed by atoms with Gasteiger partial charge in [-0.25, -0.2) is 0 Å². The lowest BCUT2D eigenvalue weighted by atomic mass is 10.3. The minimum atomic E-state index is -4.92. The van der Waals surface area contributed by atoms with Crippen molar-refractivity contribution in [1.29, 1.82) is 0 Å². The van der Waals surface area contributed by atoms with Gasteiger partial charge in [0.15, 0.2) is 0 Å². The summed E-state index contributed by atoms with van der Waals surface area (Å²) < 4.78 is 35.4. The quantitative estimate of drug-likeness (QED) is 0.687. The first-order valence-electron chi connectivity index (χ1n) is 3.74. The van der Waals surface area contributed by atoms with Crippen LogP contribution in [0.5, 0.6) is 0 Å². The Morgan fingerprint density at radius 1 is 1.44 bits per heavy atom. The zero-order valence-electron chi connectivity index (χ0n) is 7.42. The molecule has 16 heavy (non-hydrogen) atoms. The molecule has 0 heterocycles. The van der Waals surface area contributed by atoms with E-state index in [0.717, 1.165) is 12.1 Å². The van der Waals surface area contributed by atoms with E-state index in [0.29, 0.717) is 4.47 Å². The van der Waals surface area contributed by atoms with Crippen molar-refractivity contribution in [3.8, 4) is 0 Å². The Bertz CT molecular complexity index is 410. The molecule has 0 radical (unpaired) electrons. The molecule has 0 unspecified atom stereocenters. The van der Waals surface area contributed by atoms with Crippen molar-refractivity contribution in [3.63, 3.8) is 0 Å². The van der Waals surface area contributed by atoms with Crippen molar-refractivity contribution in [1.82, 2.24) is 0 Å². The lowest BCUT2D eigenvalue weighted by Crippen LogP contribution is -2.18. The van der Waals surface area contributed by atoms with Crippen LogP contribution in [0, 0.1) is 10.1 Å². The molecule has 0 saturated carbocycles. The SMILES string of the molecule is O=[N+]([O-])c1cc(Br)ccc1NOC(F)(F)F. The van der Waals surface area contributed by atoms with E-state index >= 15 is 0 Å². The van der Waals surface area contributed by atoms with Crippen LogP contribution < -0.4 is 5.48 Å². The van der Waals surface area contributed by atoms with Crippen LogP contribution in [0.1, 0.15) is 0 Å². The van der Waals surface area contributed by atoms with Crippen LogP contribution in [0.15, 0.2) is 22.7 Å². The first kappa shape index (κ1) is 12.7. The minimum Gasteiger partial charge on any atom is -0.258 e. The smallest absolute Gasteiger partial charge is 0.258 e. The fourth-order valence-electron chi connectivity index (χ4n) is 0.855. The number of benzene rings is 1. The summed E-state index contributed by atoms with van der Waals surface area (Å²) in [5.41, 5.74) is 0.561. The Kier molecular flexibility index (Phi) is 3.70. The second kappa shape index (κ2) is 4.66. The van der Waals surface area contributed by atoms with Gasteiger partial charge in [-0.15, -0.1) is 13.2 Å². The van der Waals surface area contributed by atoms with Crippen LogP contribution in [-0.4, -0.2) is 11.3 Å². The highest BCUT2D eigenvalue weighted by molar-refractivity contribution is 9.10. The predicted octanol–water partition coefficient (Wildman–Crippen LogP) is 3.22. The highest BCUT2D eigenvalue weighted by Gasteiger charge is 2.31. The number of nitrogens with zero attached hydrogens (tertiary/aromatic N) is 1. The highest BCUT2D eigenvalue weighted by atomic mass is 79.9. The van der Waals surface area contributed by atoms with Gasteiger partial charge < -0.3 is 0 Å². The maximum absolute atomic E-state index is 11.7. The number of hydrogen-bond donors (Lipinski definition) is 1. The summed E-state index contributed by atoms with van der Waals surface area (Å²) in [7, 11) is 0. The molecule has 1 rings (SSSR count). The lowest BCUT2D eigenvalue weighted by molar-refractivity contribution is -0.384. The maximum atomic E-state index is 11.7. The van der Waals surface area contributed by atoms with Gasteiger partial charge in [-0.1, -0.05) is 15.9 Å². The van der Waals surface area contributed by atoms with Crippen LogP contribution >= 0.6 is 15.9 Å². The number of halogens is 4. The molecule has 0 fully saturated rings. The number of rotatable bonds is 3. The van der Waals surface area contributed by atoms with Crippen LogP contribution in [0.25, 0.3) is 0 Å². The second-order valence-corrected chi connectivity index (χ2v) is 3.48. The number of nitrogens with one attached hydrogen (secondary N) is 1. The molecule has 0 saturated heterocycles. The van der Waals surface area contributed by atoms with Gasteiger partial charge in [-0.3, -0.25) is 15.6 Å². The van der Waals surface area contributed by atoms with Gasteiger partial charge in [0.2, 0.25) is 0 Å². The van der Waals surface area contributed by atoms with E-state index in [-0.39, 0.29) is 5.69 Å². The van der Waals surface area contributed by atoms with Gasteiger partial charge in [-0.2, -0.15) is 4.84 Å². The average molecular weight is 301 g/mol. The van der Waals surface area contributed by atoms with Gasteiger partial charge in [-0.05, 0) is 12.1 Å². The molecule has 0 aliphatic rings. The van der Waals surface area contributed by atoms with E-state index in [9.17, 15) is 23.3 Å². The third kappa shape index (κ3) is 3.66. The molecule has 0 aliphatic heterocycles. The van der Waals surface area contributed by atoms with Gasteiger partial charge in [0.1, 0.15) is 5.69 Å². The molecule has 88 valence electrons. The summed E-state index contributed by atoms with van der Waals surface area (Å²) in [6.45, 7) is 0. The van der Waals surface area contributed by atoms with Crippen molar-refractivity contribution in [3.05, 3.63) is 32.8 Å². The molecular weight excluding hydrogens is 297 g/mol. The number of nitro groups is 1. The van der Waals surface area contributed by atoms with Crippen molar-refractivity contribution in [2.24, 2.45) is 0 Å². The second-order valence-electron chi connectivity index (χ2n) is 2.57. The first-order chi connectivity index (χ1) is 7.29. The van der Waals surface area contributed by atoms with Crippen LogP contribution in [0.3, 0.4) is 0 Å². The van der Waals surface area contributed by atoms with E-state index in [4.69, 9.17) is 0 Å². The van der Waals surface area contributed by atoms with Crippen molar-refractivity contribution in [2.75, 3.05) is 5.48 Å². The predicted molar refractivity (Wildman–Crippen MR) is 51.6 cm³/mol. The lowest BCUT2D eigenvalue weighted by Gasteiger charge is -2.09. The van der Waals surface area contributed by atoms with Gasteiger partial charge in [0.05, 0.1) is 4.92 Å². The van der Waals surface area contributed by atoms with E-state index in [2.05, 4.69) is 20.8 Å². The van der Waals surface area contributed by atoms with Crippen LogP contribution in [0.4, 0.5) is 24.5 Å². The van der Waals surface area contributed by atoms with Gasteiger partial charge in [0, 0.05) is 10.5 Å². The zero-order valence-corrected chi connectivity index (χ0v) is 9.00. The molecule has 9 heteroatoms. The molecule has 0 atom stereocenters. The zero-order chi connectivity index (χ0) is 12.3. The summed E-state index contributed by atoms with van der Waals surface area (Å²) in [5.74, 6) is 0. The van der Waals surface area contributed by atoms with Crippen molar-refractivity contribution in [2.45, 2.75) is 6.36 Å². The molecule has 1 aromatic rings. The standard InChI is InChI=1S/C7H4BrF3N2O3/c8-4-1-2-5(6(3-4)13(14)15)12-16-7(9,10)11/h1-3,12H. The van der Waals surface area contributed by atoms with E-state index < -0.39 is 17.0 Å².